The van der Waals surface area contributed by atoms with Crippen LogP contribution < -0.4 is 5.32 Å². The molecule has 2 aliphatic heterocycles. The van der Waals surface area contributed by atoms with Crippen molar-refractivity contribution >= 4 is 35.9 Å². The van der Waals surface area contributed by atoms with Gasteiger partial charge >= 0.3 is 5.97 Å². The van der Waals surface area contributed by atoms with Crippen LogP contribution in [0.3, 0.4) is 0 Å². The molecule has 7 heteroatoms. The van der Waals surface area contributed by atoms with E-state index in [0.29, 0.717) is 6.04 Å². The molecule has 1 N–H and O–H groups in total. The van der Waals surface area contributed by atoms with Gasteiger partial charge in [-0.2, -0.15) is 0 Å². The van der Waals surface area contributed by atoms with Crippen molar-refractivity contribution in [3.05, 3.63) is 35.9 Å². The number of nitrogens with zero attached hydrogens (tertiary/aromatic N) is 3. The zero-order chi connectivity index (χ0) is 19.8. The Bertz CT molecular complexity index is 647. The molecule has 1 unspecified atom stereocenters. The molecule has 0 aliphatic carbocycles. The van der Waals surface area contributed by atoms with Crippen LogP contribution in [0, 0.1) is 5.92 Å². The first-order valence-corrected chi connectivity index (χ1v) is 10.6. The predicted octanol–water partition coefficient (Wildman–Crippen LogP) is 3.12. The molecule has 0 spiro atoms. The highest BCUT2D eigenvalue weighted by Gasteiger charge is 2.28. The van der Waals surface area contributed by atoms with Gasteiger partial charge in [-0.1, -0.05) is 30.3 Å². The monoisotopic (exact) mass is 514 g/mol. The van der Waals surface area contributed by atoms with E-state index < -0.39 is 0 Å². The van der Waals surface area contributed by atoms with Crippen molar-refractivity contribution in [1.29, 1.82) is 0 Å². The molecule has 3 rings (SSSR count). The van der Waals surface area contributed by atoms with Crippen molar-refractivity contribution in [2.24, 2.45) is 10.9 Å². The number of likely N-dealkylation sites (tertiary alicyclic amines) is 2. The first kappa shape index (κ1) is 23.9. The number of ether oxygens (including phenoxy) is 1. The van der Waals surface area contributed by atoms with Crippen molar-refractivity contribution in [2.75, 3.05) is 39.8 Å². The summed E-state index contributed by atoms with van der Waals surface area (Å²) in [6.45, 7) is 7.64. The van der Waals surface area contributed by atoms with Crippen molar-refractivity contribution in [3.63, 3.8) is 0 Å². The Labute approximate surface area is 192 Å². The minimum Gasteiger partial charge on any atom is -0.469 e. The van der Waals surface area contributed by atoms with Crippen molar-refractivity contribution in [1.82, 2.24) is 15.1 Å². The maximum absolute atomic E-state index is 11.8. The Hall–Kier alpha value is -1.35. The average Bonchev–Trinajstić information content (AvgIpc) is 3.18. The number of esters is 1. The molecule has 0 radical (unpaired) electrons. The fraction of sp³-hybridized carbons (Fsp3) is 0.636. The van der Waals surface area contributed by atoms with Gasteiger partial charge in [-0.25, -0.2) is 0 Å². The van der Waals surface area contributed by atoms with E-state index in [-0.39, 0.29) is 35.9 Å². The Morgan fingerprint density at radius 2 is 1.90 bits per heavy atom. The topological polar surface area (TPSA) is 57.2 Å². The third-order valence-corrected chi connectivity index (χ3v) is 5.84. The van der Waals surface area contributed by atoms with Gasteiger partial charge in [-0.05, 0) is 44.7 Å². The highest BCUT2D eigenvalue weighted by Crippen LogP contribution is 2.21. The fourth-order valence-corrected chi connectivity index (χ4v) is 4.24. The van der Waals surface area contributed by atoms with Gasteiger partial charge in [0.05, 0.1) is 19.6 Å². The number of guanidine groups is 1. The second kappa shape index (κ2) is 12.4. The molecule has 1 aromatic rings. The summed E-state index contributed by atoms with van der Waals surface area (Å²) in [6.07, 6.45) is 4.12. The number of carbonyl (C=O) groups is 1. The highest BCUT2D eigenvalue weighted by atomic mass is 127. The molecule has 0 aromatic heterocycles. The van der Waals surface area contributed by atoms with Gasteiger partial charge in [0.25, 0.3) is 0 Å². The SMILES string of the molecule is CCNC(=NCC1CCCN1Cc1ccccc1)N1CCC(C(=O)OC)CC1.I. The molecular weight excluding hydrogens is 479 g/mol. The molecule has 6 nitrogen and oxygen atoms in total. The summed E-state index contributed by atoms with van der Waals surface area (Å²) in [7, 11) is 1.48. The van der Waals surface area contributed by atoms with E-state index in [1.807, 2.05) is 0 Å². The van der Waals surface area contributed by atoms with Crippen LogP contribution in [-0.4, -0.2) is 67.6 Å². The van der Waals surface area contributed by atoms with Gasteiger partial charge in [-0.15, -0.1) is 24.0 Å². The van der Waals surface area contributed by atoms with Gasteiger partial charge in [0.15, 0.2) is 5.96 Å². The van der Waals surface area contributed by atoms with Gasteiger partial charge in [0, 0.05) is 32.2 Å². The Kier molecular flexibility index (Phi) is 10.2. The minimum absolute atomic E-state index is 0. The summed E-state index contributed by atoms with van der Waals surface area (Å²) >= 11 is 0. The van der Waals surface area contributed by atoms with Gasteiger partial charge in [0.2, 0.25) is 0 Å². The standard InChI is InChI=1S/C22H34N4O2.HI/c1-3-23-22(25-14-11-19(12-15-25)21(27)28-2)24-16-20-10-7-13-26(20)17-18-8-5-4-6-9-18;/h4-6,8-9,19-20H,3,7,10-17H2,1-2H3,(H,23,24);1H. The minimum atomic E-state index is -0.0795. The van der Waals surface area contributed by atoms with E-state index >= 15 is 0 Å². The molecule has 2 saturated heterocycles. The van der Waals surface area contributed by atoms with Gasteiger partial charge < -0.3 is 15.0 Å². The zero-order valence-corrected chi connectivity index (χ0v) is 20.0. The number of nitrogens with one attached hydrogen (secondary N) is 1. The van der Waals surface area contributed by atoms with E-state index in [1.54, 1.807) is 0 Å². The van der Waals surface area contributed by atoms with Crippen molar-refractivity contribution in [2.45, 2.75) is 45.2 Å². The highest BCUT2D eigenvalue weighted by molar-refractivity contribution is 14.0. The zero-order valence-electron chi connectivity index (χ0n) is 17.7. The largest absolute Gasteiger partial charge is 0.469 e. The number of methoxy groups -OCH3 is 1. The number of benzene rings is 1. The molecule has 29 heavy (non-hydrogen) atoms. The lowest BCUT2D eigenvalue weighted by Gasteiger charge is -2.33. The van der Waals surface area contributed by atoms with Crippen LogP contribution >= 0.6 is 24.0 Å². The van der Waals surface area contributed by atoms with Crippen molar-refractivity contribution in [3.8, 4) is 0 Å². The van der Waals surface area contributed by atoms with Crippen LogP contribution in [0.5, 0.6) is 0 Å². The molecule has 0 amide bonds. The number of carbonyl (C=O) groups excluding carboxylic acids is 1. The molecule has 0 bridgehead atoms. The molecule has 2 heterocycles. The first-order valence-electron chi connectivity index (χ1n) is 10.6. The number of hydrogen-bond acceptors (Lipinski definition) is 4. The molecular formula is C22H35IN4O2. The maximum atomic E-state index is 11.8. The van der Waals surface area contributed by atoms with Crippen LogP contribution in [0.4, 0.5) is 0 Å². The van der Waals surface area contributed by atoms with E-state index in [4.69, 9.17) is 9.73 Å². The molecule has 1 atom stereocenters. The number of hydrogen-bond donors (Lipinski definition) is 1. The van der Waals surface area contributed by atoms with Crippen LogP contribution in [0.15, 0.2) is 35.3 Å². The maximum Gasteiger partial charge on any atom is 0.308 e. The lowest BCUT2D eigenvalue weighted by molar-refractivity contribution is -0.146. The van der Waals surface area contributed by atoms with Crippen molar-refractivity contribution < 1.29 is 9.53 Å². The Morgan fingerprint density at radius 1 is 1.17 bits per heavy atom. The molecule has 162 valence electrons. The molecule has 2 fully saturated rings. The van der Waals surface area contributed by atoms with Crippen LogP contribution in [-0.2, 0) is 16.1 Å². The van der Waals surface area contributed by atoms with Crippen LogP contribution in [0.1, 0.15) is 38.2 Å². The fourth-order valence-electron chi connectivity index (χ4n) is 4.24. The summed E-state index contributed by atoms with van der Waals surface area (Å²) in [5.74, 6) is 0.932. The van der Waals surface area contributed by atoms with E-state index in [9.17, 15) is 4.79 Å². The molecule has 1 aromatic carbocycles. The van der Waals surface area contributed by atoms with E-state index in [2.05, 4.69) is 52.4 Å². The second-order valence-corrected chi connectivity index (χ2v) is 7.73. The van der Waals surface area contributed by atoms with E-state index in [0.717, 1.165) is 58.1 Å². The molecule has 2 aliphatic rings. The summed E-state index contributed by atoms with van der Waals surface area (Å²) in [5.41, 5.74) is 1.37. The van der Waals surface area contributed by atoms with Gasteiger partial charge in [-0.3, -0.25) is 14.7 Å². The second-order valence-electron chi connectivity index (χ2n) is 7.73. The average molecular weight is 514 g/mol. The third-order valence-electron chi connectivity index (χ3n) is 5.84. The summed E-state index contributed by atoms with van der Waals surface area (Å²) in [4.78, 5) is 21.6. The Morgan fingerprint density at radius 3 is 2.55 bits per heavy atom. The number of rotatable bonds is 6. The lowest BCUT2D eigenvalue weighted by Crippen LogP contribution is -2.47. The number of aliphatic imine (C=N–C) groups is 1. The lowest BCUT2D eigenvalue weighted by atomic mass is 9.97. The summed E-state index contributed by atoms with van der Waals surface area (Å²) in [5, 5.41) is 3.44. The van der Waals surface area contributed by atoms with Crippen LogP contribution in [0.25, 0.3) is 0 Å². The molecule has 0 saturated carbocycles. The third kappa shape index (κ3) is 6.84. The first-order chi connectivity index (χ1) is 13.7. The van der Waals surface area contributed by atoms with E-state index in [1.165, 1.54) is 25.5 Å². The number of halogens is 1. The Balaban J connectivity index is 0.00000300. The quantitative estimate of drug-likeness (QED) is 0.274. The predicted molar refractivity (Wildman–Crippen MR) is 128 cm³/mol. The normalized spacial score (nSPS) is 21.0. The smallest absolute Gasteiger partial charge is 0.308 e. The number of piperidine rings is 1. The summed E-state index contributed by atoms with van der Waals surface area (Å²) in [6, 6.07) is 11.2. The summed E-state index contributed by atoms with van der Waals surface area (Å²) < 4.78 is 4.90. The van der Waals surface area contributed by atoms with Gasteiger partial charge in [0.1, 0.15) is 0 Å². The van der Waals surface area contributed by atoms with Crippen LogP contribution in [0.2, 0.25) is 0 Å².